The molecule has 0 aliphatic carbocycles. The van der Waals surface area contributed by atoms with Crippen molar-refractivity contribution in [2.45, 2.75) is 26.4 Å². The molecule has 1 fully saturated rings. The van der Waals surface area contributed by atoms with Crippen LogP contribution in [0.1, 0.15) is 30.8 Å². The van der Waals surface area contributed by atoms with Crippen LogP contribution in [0.4, 0.5) is 13.2 Å². The average molecular weight is 333 g/mol. The number of hydrogen-bond acceptors (Lipinski definition) is 4. The molecule has 2 heterocycles. The first kappa shape index (κ1) is 17.4. The second kappa shape index (κ2) is 5.90. The third-order valence-corrected chi connectivity index (χ3v) is 4.14. The van der Waals surface area contributed by atoms with Gasteiger partial charge in [-0.15, -0.1) is 0 Å². The third-order valence-electron chi connectivity index (χ3n) is 4.14. The second-order valence-electron chi connectivity index (χ2n) is 6.28. The van der Waals surface area contributed by atoms with Crippen LogP contribution in [0.2, 0.25) is 0 Å². The van der Waals surface area contributed by atoms with Gasteiger partial charge in [0, 0.05) is 19.2 Å². The predicted octanol–water partition coefficient (Wildman–Crippen LogP) is 2.70. The SMILES string of the molecule is COc1coc(C(=O)N2CCC(C(F)(F)F)C(C)(C)C2)cc1=O. The first-order chi connectivity index (χ1) is 10.6. The monoisotopic (exact) mass is 333 g/mol. The minimum Gasteiger partial charge on any atom is -0.490 e. The Labute approximate surface area is 131 Å². The van der Waals surface area contributed by atoms with Crippen LogP contribution in [0.25, 0.3) is 0 Å². The lowest BCUT2D eigenvalue weighted by Gasteiger charge is -2.44. The maximum Gasteiger partial charge on any atom is 0.392 e. The van der Waals surface area contributed by atoms with E-state index in [2.05, 4.69) is 0 Å². The smallest absolute Gasteiger partial charge is 0.392 e. The van der Waals surface area contributed by atoms with E-state index in [0.29, 0.717) is 0 Å². The minimum atomic E-state index is -4.30. The highest BCUT2D eigenvalue weighted by molar-refractivity contribution is 5.91. The molecule has 1 aromatic heterocycles. The molecule has 1 saturated heterocycles. The van der Waals surface area contributed by atoms with Crippen molar-refractivity contribution >= 4 is 5.91 Å². The Balaban J connectivity index is 2.19. The Morgan fingerprint density at radius 1 is 1.43 bits per heavy atom. The molecule has 2 rings (SSSR count). The molecule has 0 bridgehead atoms. The van der Waals surface area contributed by atoms with Crippen molar-refractivity contribution in [3.05, 3.63) is 28.3 Å². The van der Waals surface area contributed by atoms with E-state index in [1.54, 1.807) is 0 Å². The van der Waals surface area contributed by atoms with Gasteiger partial charge in [0.15, 0.2) is 5.76 Å². The summed E-state index contributed by atoms with van der Waals surface area (Å²) in [5, 5.41) is 0. The molecule has 23 heavy (non-hydrogen) atoms. The highest BCUT2D eigenvalue weighted by atomic mass is 19.4. The lowest BCUT2D eigenvalue weighted by Crippen LogP contribution is -2.52. The Kier molecular flexibility index (Phi) is 4.45. The highest BCUT2D eigenvalue weighted by Crippen LogP contribution is 2.45. The molecule has 0 spiro atoms. The average Bonchev–Trinajstić information content (AvgIpc) is 2.43. The molecule has 128 valence electrons. The van der Waals surface area contributed by atoms with Crippen LogP contribution < -0.4 is 10.2 Å². The van der Waals surface area contributed by atoms with Crippen LogP contribution in [0, 0.1) is 11.3 Å². The summed E-state index contributed by atoms with van der Waals surface area (Å²) < 4.78 is 49.0. The number of alkyl halides is 3. The van der Waals surface area contributed by atoms with E-state index in [1.165, 1.54) is 25.9 Å². The molecule has 1 unspecified atom stereocenters. The normalized spacial score (nSPS) is 21.1. The molecule has 1 aliphatic rings. The van der Waals surface area contributed by atoms with Crippen molar-refractivity contribution in [3.8, 4) is 5.75 Å². The highest BCUT2D eigenvalue weighted by Gasteiger charge is 2.51. The fraction of sp³-hybridized carbons (Fsp3) is 0.600. The van der Waals surface area contributed by atoms with Gasteiger partial charge in [0.1, 0.15) is 6.26 Å². The number of halogens is 3. The number of hydrogen-bond donors (Lipinski definition) is 0. The fourth-order valence-electron chi connectivity index (χ4n) is 2.95. The van der Waals surface area contributed by atoms with E-state index in [-0.39, 0.29) is 31.0 Å². The summed E-state index contributed by atoms with van der Waals surface area (Å²) in [6, 6.07) is 0.990. The van der Waals surface area contributed by atoms with Crippen LogP contribution in [0.3, 0.4) is 0 Å². The van der Waals surface area contributed by atoms with E-state index in [1.807, 2.05) is 0 Å². The molecule has 8 heteroatoms. The molecule has 5 nitrogen and oxygen atoms in total. The van der Waals surface area contributed by atoms with Crippen molar-refractivity contribution in [3.63, 3.8) is 0 Å². The van der Waals surface area contributed by atoms with Gasteiger partial charge < -0.3 is 14.1 Å². The Morgan fingerprint density at radius 2 is 2.09 bits per heavy atom. The van der Waals surface area contributed by atoms with Crippen molar-refractivity contribution in [1.29, 1.82) is 0 Å². The summed E-state index contributed by atoms with van der Waals surface area (Å²) in [5.74, 6) is -2.32. The van der Waals surface area contributed by atoms with Crippen molar-refractivity contribution in [2.75, 3.05) is 20.2 Å². The second-order valence-corrected chi connectivity index (χ2v) is 6.28. The molecule has 1 atom stereocenters. The van der Waals surface area contributed by atoms with Crippen LogP contribution in [-0.4, -0.2) is 37.2 Å². The van der Waals surface area contributed by atoms with Crippen LogP contribution >= 0.6 is 0 Å². The van der Waals surface area contributed by atoms with Crippen molar-refractivity contribution in [1.82, 2.24) is 4.90 Å². The zero-order chi connectivity index (χ0) is 17.4. The lowest BCUT2D eigenvalue weighted by atomic mass is 9.73. The van der Waals surface area contributed by atoms with Crippen LogP contribution in [0.15, 0.2) is 21.5 Å². The predicted molar refractivity (Wildman–Crippen MR) is 75.4 cm³/mol. The van der Waals surface area contributed by atoms with E-state index in [0.717, 1.165) is 12.3 Å². The number of nitrogens with zero attached hydrogens (tertiary/aromatic N) is 1. The standard InChI is InChI=1S/C15H18F3NO4/c1-14(2)8-19(5-4-12(14)15(16,17)18)13(21)10-6-9(20)11(22-3)7-23-10/h6-7,12H,4-5,8H2,1-3H3. The fourth-order valence-corrected chi connectivity index (χ4v) is 2.95. The number of methoxy groups -OCH3 is 1. The number of carbonyl (C=O) groups excluding carboxylic acids is 1. The van der Waals surface area contributed by atoms with Gasteiger partial charge in [-0.2, -0.15) is 13.2 Å². The number of piperidine rings is 1. The maximum atomic E-state index is 13.0. The number of likely N-dealkylation sites (tertiary alicyclic amines) is 1. The summed E-state index contributed by atoms with van der Waals surface area (Å²) in [6.45, 7) is 2.86. The summed E-state index contributed by atoms with van der Waals surface area (Å²) in [4.78, 5) is 25.3. The largest absolute Gasteiger partial charge is 0.490 e. The number of carbonyl (C=O) groups is 1. The molecular weight excluding hydrogens is 315 g/mol. The van der Waals surface area contributed by atoms with Gasteiger partial charge in [-0.05, 0) is 11.8 Å². The zero-order valence-corrected chi connectivity index (χ0v) is 13.1. The zero-order valence-electron chi connectivity index (χ0n) is 13.1. The summed E-state index contributed by atoms with van der Waals surface area (Å²) >= 11 is 0. The summed E-state index contributed by atoms with van der Waals surface area (Å²) in [6.07, 6.45) is -3.46. The number of rotatable bonds is 2. The third kappa shape index (κ3) is 3.51. The summed E-state index contributed by atoms with van der Waals surface area (Å²) in [7, 11) is 1.29. The summed E-state index contributed by atoms with van der Waals surface area (Å²) in [5.41, 5.74) is -1.63. The van der Waals surface area contributed by atoms with Gasteiger partial charge >= 0.3 is 6.18 Å². The molecular formula is C15H18F3NO4. The Hall–Kier alpha value is -1.99. The minimum absolute atomic E-state index is 0.0395. The van der Waals surface area contributed by atoms with Crippen LogP contribution in [0.5, 0.6) is 5.75 Å². The molecule has 1 amide bonds. The Bertz CT molecular complexity index is 651. The number of ether oxygens (including phenoxy) is 1. The Morgan fingerprint density at radius 3 is 2.57 bits per heavy atom. The van der Waals surface area contributed by atoms with Gasteiger partial charge in [0.2, 0.25) is 11.2 Å². The van der Waals surface area contributed by atoms with E-state index < -0.39 is 28.8 Å². The molecule has 0 aromatic carbocycles. The van der Waals surface area contributed by atoms with Crippen LogP contribution in [-0.2, 0) is 0 Å². The first-order valence-electron chi connectivity index (χ1n) is 7.09. The van der Waals surface area contributed by atoms with Gasteiger partial charge in [0.05, 0.1) is 13.0 Å². The lowest BCUT2D eigenvalue weighted by molar-refractivity contribution is -0.214. The van der Waals surface area contributed by atoms with Crippen molar-refractivity contribution < 1.29 is 27.1 Å². The molecule has 1 aromatic rings. The maximum absolute atomic E-state index is 13.0. The van der Waals surface area contributed by atoms with Gasteiger partial charge in [-0.25, -0.2) is 0 Å². The van der Waals surface area contributed by atoms with E-state index >= 15 is 0 Å². The quantitative estimate of drug-likeness (QED) is 0.835. The molecule has 0 radical (unpaired) electrons. The van der Waals surface area contributed by atoms with E-state index in [9.17, 15) is 22.8 Å². The molecule has 1 aliphatic heterocycles. The number of amides is 1. The molecule has 0 saturated carbocycles. The topological polar surface area (TPSA) is 59.8 Å². The van der Waals surface area contributed by atoms with Gasteiger partial charge in [-0.1, -0.05) is 13.8 Å². The van der Waals surface area contributed by atoms with E-state index in [4.69, 9.17) is 9.15 Å². The van der Waals surface area contributed by atoms with Crippen molar-refractivity contribution in [2.24, 2.45) is 11.3 Å². The van der Waals surface area contributed by atoms with Gasteiger partial charge in [-0.3, -0.25) is 9.59 Å². The molecule has 0 N–H and O–H groups in total. The van der Waals surface area contributed by atoms with Gasteiger partial charge in [0.25, 0.3) is 5.91 Å². The first-order valence-corrected chi connectivity index (χ1v) is 7.09.